The number of unbranched alkanes of at least 4 members (excludes halogenated alkanes) is 1. The monoisotopic (exact) mass is 1350 g/mol. The smallest absolute Gasteiger partial charge is 0.245 e. The SMILES string of the molecule is CSCC[C@H](NC(=O)[C@@H](CC(C)C)NC(=O)CNC(=O)[C@@H](Cc1ccccc1)NC(=O)[C@@H](Cc1ccccc1)NC(=O)[C@@H](CCC(N)=O)NC(=O)[C@H](CCC(N)=O)NC(=O)[C@H]1CCCN1C(=O)[C@H](CCCCN)NC(=O)[C@H]1CCCN1C(=O)[C@@H](N)CCCN=C(N)N)C(N)=O. The first-order chi connectivity index (χ1) is 45.2. The summed E-state index contributed by atoms with van der Waals surface area (Å²) in [7, 11) is 0. The summed E-state index contributed by atoms with van der Waals surface area (Å²) >= 11 is 1.45. The zero-order chi connectivity index (χ0) is 70.1. The molecule has 0 unspecified atom stereocenters. The van der Waals surface area contributed by atoms with Crippen LogP contribution in [0.15, 0.2) is 65.7 Å². The van der Waals surface area contributed by atoms with Crippen LogP contribution < -0.4 is 82.7 Å². The number of aliphatic imine (C=N–C) groups is 1. The summed E-state index contributed by atoms with van der Waals surface area (Å²) < 4.78 is 0. The quantitative estimate of drug-likeness (QED) is 0.0173. The number of amides is 13. The van der Waals surface area contributed by atoms with Crippen LogP contribution in [0.2, 0.25) is 0 Å². The number of primary amides is 3. The number of likely N-dealkylation sites (tertiary alicyclic amines) is 2. The Kier molecular flexibility index (Phi) is 33.9. The van der Waals surface area contributed by atoms with Crippen molar-refractivity contribution in [1.29, 1.82) is 0 Å². The lowest BCUT2D eigenvalue weighted by Gasteiger charge is -2.32. The van der Waals surface area contributed by atoms with Gasteiger partial charge in [0.05, 0.1) is 12.6 Å². The largest absolute Gasteiger partial charge is 0.370 e. The van der Waals surface area contributed by atoms with Gasteiger partial charge in [0.25, 0.3) is 0 Å². The van der Waals surface area contributed by atoms with Crippen LogP contribution in [-0.4, -0.2) is 198 Å². The fourth-order valence-corrected chi connectivity index (χ4v) is 11.5. The zero-order valence-electron chi connectivity index (χ0n) is 54.5. The van der Waals surface area contributed by atoms with Crippen molar-refractivity contribution in [3.05, 3.63) is 71.8 Å². The number of carbonyl (C=O) groups is 13. The van der Waals surface area contributed by atoms with Crippen LogP contribution >= 0.6 is 11.8 Å². The number of hydrogen-bond donors (Lipinski definition) is 15. The van der Waals surface area contributed by atoms with E-state index >= 15 is 0 Å². The number of nitrogens with two attached hydrogens (primary N) is 7. The normalized spacial score (nSPS) is 16.8. The number of nitrogens with one attached hydrogen (secondary N) is 8. The molecule has 0 bridgehead atoms. The van der Waals surface area contributed by atoms with E-state index in [4.69, 9.17) is 40.1 Å². The van der Waals surface area contributed by atoms with Gasteiger partial charge in [0.1, 0.15) is 54.4 Å². The molecule has 524 valence electrons. The molecule has 2 aromatic rings. The van der Waals surface area contributed by atoms with E-state index in [2.05, 4.69) is 47.5 Å². The Morgan fingerprint density at radius 1 is 0.537 bits per heavy atom. The minimum absolute atomic E-state index is 0.0736. The third-order valence-corrected chi connectivity index (χ3v) is 16.7. The maximum Gasteiger partial charge on any atom is 0.245 e. The van der Waals surface area contributed by atoms with Crippen molar-refractivity contribution < 1.29 is 62.3 Å². The summed E-state index contributed by atoms with van der Waals surface area (Å²) in [6.07, 6.45) is 3.12. The summed E-state index contributed by atoms with van der Waals surface area (Å²) in [6, 6.07) is 4.51. The first-order valence-corrected chi connectivity index (χ1v) is 33.6. The molecule has 2 saturated heterocycles. The third kappa shape index (κ3) is 27.5. The van der Waals surface area contributed by atoms with Crippen LogP contribution in [0.4, 0.5) is 0 Å². The standard InChI is InChI=1S/C63H98N18O13S/c1-37(2)33-45(57(89)74-41(53(68)85)27-32-95-3)73-52(84)36-72-54(86)46(34-38-15-6-4-7-16-38)78-58(90)47(35-39-17-8-5-9-18-39)79-56(88)42(23-25-50(66)82)75-55(87)43(24-26-51(67)83)76-59(91)49-22-14-31-81(49)62(94)44(20-10-11-28-64)77-60(92)48-21-13-30-80(48)61(93)40(65)19-12-29-71-63(69)70/h4-9,15-18,37,40-49H,10-14,19-36,64-65H2,1-3H3,(H2,66,82)(H2,67,83)(H2,68,85)(H,72,86)(H,73,84)(H,74,89)(H,75,87)(H,76,91)(H,77,92)(H,78,90)(H,79,88)(H4,69,70,71)/t40-,41-,42+,43-,44-,45+,46+,47+,48+,49+/m0/s1. The van der Waals surface area contributed by atoms with Gasteiger partial charge in [-0.2, -0.15) is 11.8 Å². The molecule has 0 aromatic heterocycles. The van der Waals surface area contributed by atoms with Crippen molar-refractivity contribution in [1.82, 2.24) is 52.3 Å². The van der Waals surface area contributed by atoms with Crippen molar-refractivity contribution >= 4 is 94.5 Å². The number of hydrogen-bond acceptors (Lipinski definition) is 17. The topological polar surface area (TPSA) is 519 Å². The molecule has 22 N–H and O–H groups in total. The van der Waals surface area contributed by atoms with Crippen LogP contribution in [-0.2, 0) is 75.2 Å². The highest BCUT2D eigenvalue weighted by Crippen LogP contribution is 2.24. The van der Waals surface area contributed by atoms with E-state index in [9.17, 15) is 62.3 Å². The molecule has 2 aliphatic heterocycles. The van der Waals surface area contributed by atoms with E-state index in [1.54, 1.807) is 60.7 Å². The lowest BCUT2D eigenvalue weighted by molar-refractivity contribution is -0.144. The molecule has 0 spiro atoms. The van der Waals surface area contributed by atoms with Gasteiger partial charge >= 0.3 is 0 Å². The molecule has 10 atom stereocenters. The van der Waals surface area contributed by atoms with Crippen LogP contribution in [0.25, 0.3) is 0 Å². The number of nitrogens with zero attached hydrogens (tertiary/aromatic N) is 3. The summed E-state index contributed by atoms with van der Waals surface area (Å²) in [4.78, 5) is 185. The molecule has 13 amide bonds. The van der Waals surface area contributed by atoms with Crippen molar-refractivity contribution in [3.8, 4) is 0 Å². The van der Waals surface area contributed by atoms with Gasteiger partial charge in [-0.05, 0) is 119 Å². The Bertz CT molecular complexity index is 2960. The van der Waals surface area contributed by atoms with E-state index in [1.165, 1.54) is 21.6 Å². The zero-order valence-corrected chi connectivity index (χ0v) is 55.3. The molecule has 2 fully saturated rings. The average molecular weight is 1350 g/mol. The summed E-state index contributed by atoms with van der Waals surface area (Å²) in [5, 5.41) is 21.1. The van der Waals surface area contributed by atoms with E-state index < -0.39 is 169 Å². The molecule has 2 aromatic carbocycles. The maximum absolute atomic E-state index is 14.7. The number of rotatable bonds is 42. The lowest BCUT2D eigenvalue weighted by Crippen LogP contribution is -2.60. The molecule has 0 saturated carbocycles. The van der Waals surface area contributed by atoms with Crippen LogP contribution in [0.1, 0.15) is 121 Å². The Morgan fingerprint density at radius 3 is 1.51 bits per heavy atom. The maximum atomic E-state index is 14.7. The third-order valence-electron chi connectivity index (χ3n) is 16.0. The molecule has 32 heteroatoms. The minimum Gasteiger partial charge on any atom is -0.370 e. The van der Waals surface area contributed by atoms with Gasteiger partial charge in [-0.15, -0.1) is 0 Å². The molecule has 0 radical (unpaired) electrons. The van der Waals surface area contributed by atoms with Gasteiger partial charge in [0.15, 0.2) is 5.96 Å². The molecule has 31 nitrogen and oxygen atoms in total. The van der Waals surface area contributed by atoms with Gasteiger partial charge < -0.3 is 92.5 Å². The summed E-state index contributed by atoms with van der Waals surface area (Å²) in [5.74, 6) is -9.80. The van der Waals surface area contributed by atoms with Crippen molar-refractivity contribution in [2.75, 3.05) is 44.7 Å². The van der Waals surface area contributed by atoms with E-state index in [0.717, 1.165) is 0 Å². The fraction of sp³-hybridized carbons (Fsp3) is 0.587. The second-order valence-electron chi connectivity index (χ2n) is 24.1. The number of benzene rings is 2. The van der Waals surface area contributed by atoms with Crippen molar-refractivity contribution in [3.63, 3.8) is 0 Å². The first-order valence-electron chi connectivity index (χ1n) is 32.2. The molecular formula is C63H98N18O13S. The predicted octanol–water partition coefficient (Wildman–Crippen LogP) is -3.71. The second-order valence-corrected chi connectivity index (χ2v) is 25.1. The van der Waals surface area contributed by atoms with Gasteiger partial charge in [0, 0.05) is 45.3 Å². The van der Waals surface area contributed by atoms with Gasteiger partial charge in [-0.25, -0.2) is 0 Å². The molecule has 2 heterocycles. The van der Waals surface area contributed by atoms with Gasteiger partial charge in [-0.3, -0.25) is 67.3 Å². The van der Waals surface area contributed by atoms with Crippen LogP contribution in [0.3, 0.4) is 0 Å². The Morgan fingerprint density at radius 2 is 1.01 bits per heavy atom. The van der Waals surface area contributed by atoms with Gasteiger partial charge in [0.2, 0.25) is 76.8 Å². The average Bonchev–Trinajstić information content (AvgIpc) is 1.74. The summed E-state index contributed by atoms with van der Waals surface area (Å²) in [6.45, 7) is 3.86. The molecular weight excluding hydrogens is 1250 g/mol. The molecule has 0 aliphatic carbocycles. The van der Waals surface area contributed by atoms with Crippen LogP contribution in [0.5, 0.6) is 0 Å². The predicted molar refractivity (Wildman–Crippen MR) is 356 cm³/mol. The van der Waals surface area contributed by atoms with E-state index in [1.807, 2.05) is 20.1 Å². The Hall–Kier alpha value is -8.91. The Labute approximate surface area is 558 Å². The van der Waals surface area contributed by atoms with E-state index in [0.29, 0.717) is 55.4 Å². The highest BCUT2D eigenvalue weighted by atomic mass is 32.2. The number of guanidine groups is 1. The minimum atomic E-state index is -1.64. The highest BCUT2D eigenvalue weighted by Gasteiger charge is 2.42. The van der Waals surface area contributed by atoms with Crippen molar-refractivity contribution in [2.24, 2.45) is 51.0 Å². The highest BCUT2D eigenvalue weighted by molar-refractivity contribution is 7.98. The first kappa shape index (κ1) is 78.5. The second kappa shape index (κ2) is 41.0. The molecule has 4 rings (SSSR count). The summed E-state index contributed by atoms with van der Waals surface area (Å²) in [5.41, 5.74) is 40.6. The lowest BCUT2D eigenvalue weighted by atomic mass is 10.0. The molecule has 95 heavy (non-hydrogen) atoms. The number of carbonyl (C=O) groups excluding carboxylic acids is 13. The Balaban J connectivity index is 1.56. The van der Waals surface area contributed by atoms with E-state index in [-0.39, 0.29) is 83.0 Å². The fourth-order valence-electron chi connectivity index (χ4n) is 11.0. The van der Waals surface area contributed by atoms with Crippen LogP contribution in [0, 0.1) is 5.92 Å². The van der Waals surface area contributed by atoms with Gasteiger partial charge in [-0.1, -0.05) is 74.5 Å². The molecule has 2 aliphatic rings. The van der Waals surface area contributed by atoms with Crippen molar-refractivity contribution in [2.45, 2.75) is 183 Å². The number of thioether (sulfide) groups is 1.